The summed E-state index contributed by atoms with van der Waals surface area (Å²) < 4.78 is 9.38. The number of aromatic amines is 1. The molecule has 2 rings (SSSR count). The average molecular weight is 302 g/mol. The van der Waals surface area contributed by atoms with Crippen LogP contribution in [0.15, 0.2) is 23.1 Å². The topological polar surface area (TPSA) is 68.4 Å². The number of pyridine rings is 1. The normalized spacial score (nSPS) is 10.5. The van der Waals surface area contributed by atoms with E-state index in [1.54, 1.807) is 6.92 Å². The standard InChI is InChI=1S/C12H9Cl2NO4/c1-2-18-12(17)19-9-5-15-10-7(11(9)16)3-6(13)4-8(10)14/h3-5H,2H2,1H3,(H,15,16). The zero-order valence-corrected chi connectivity index (χ0v) is 11.3. The number of H-pyrrole nitrogens is 1. The van der Waals surface area contributed by atoms with E-state index in [0.717, 1.165) is 0 Å². The Labute approximate surface area is 118 Å². The van der Waals surface area contributed by atoms with Gasteiger partial charge in [0.25, 0.3) is 0 Å². The van der Waals surface area contributed by atoms with E-state index >= 15 is 0 Å². The van der Waals surface area contributed by atoms with Crippen molar-refractivity contribution in [2.75, 3.05) is 6.61 Å². The van der Waals surface area contributed by atoms with E-state index in [1.807, 2.05) is 0 Å². The lowest BCUT2D eigenvalue weighted by atomic mass is 10.2. The first-order valence-corrected chi connectivity index (χ1v) is 6.13. The van der Waals surface area contributed by atoms with Crippen LogP contribution in [0.5, 0.6) is 5.75 Å². The van der Waals surface area contributed by atoms with Crippen molar-refractivity contribution in [2.45, 2.75) is 6.92 Å². The number of rotatable bonds is 2. The number of hydrogen-bond donors (Lipinski definition) is 1. The molecule has 0 radical (unpaired) electrons. The van der Waals surface area contributed by atoms with Crippen LogP contribution in [-0.4, -0.2) is 17.7 Å². The fraction of sp³-hybridized carbons (Fsp3) is 0.167. The molecule has 2 aromatic rings. The van der Waals surface area contributed by atoms with Crippen LogP contribution in [0.25, 0.3) is 10.9 Å². The molecule has 0 aliphatic heterocycles. The Bertz CT molecular complexity index is 696. The molecule has 7 heteroatoms. The van der Waals surface area contributed by atoms with E-state index < -0.39 is 11.6 Å². The number of halogens is 2. The Kier molecular flexibility index (Phi) is 3.97. The number of hydrogen-bond acceptors (Lipinski definition) is 4. The minimum atomic E-state index is -0.944. The molecule has 0 bridgehead atoms. The van der Waals surface area contributed by atoms with E-state index in [4.69, 9.17) is 27.9 Å². The van der Waals surface area contributed by atoms with Crippen molar-refractivity contribution in [2.24, 2.45) is 0 Å². The molecule has 0 fully saturated rings. The van der Waals surface area contributed by atoms with Crippen LogP contribution >= 0.6 is 23.2 Å². The molecule has 1 aromatic heterocycles. The van der Waals surface area contributed by atoms with Crippen LogP contribution in [-0.2, 0) is 4.74 Å². The molecule has 5 nitrogen and oxygen atoms in total. The van der Waals surface area contributed by atoms with Gasteiger partial charge in [0.1, 0.15) is 0 Å². The Morgan fingerprint density at radius 3 is 2.79 bits per heavy atom. The van der Waals surface area contributed by atoms with Gasteiger partial charge in [-0.2, -0.15) is 0 Å². The van der Waals surface area contributed by atoms with Gasteiger partial charge in [0.15, 0.2) is 5.75 Å². The zero-order chi connectivity index (χ0) is 14.0. The van der Waals surface area contributed by atoms with Gasteiger partial charge in [-0.3, -0.25) is 4.79 Å². The summed E-state index contributed by atoms with van der Waals surface area (Å²) in [7, 11) is 0. The number of aromatic nitrogens is 1. The first-order chi connectivity index (χ1) is 9.02. The fourth-order valence-corrected chi connectivity index (χ4v) is 2.10. The zero-order valence-electron chi connectivity index (χ0n) is 9.83. The Balaban J connectivity index is 2.52. The molecular weight excluding hydrogens is 293 g/mol. The van der Waals surface area contributed by atoms with Crippen LogP contribution in [0.1, 0.15) is 6.92 Å². The van der Waals surface area contributed by atoms with Gasteiger partial charge in [0.05, 0.1) is 22.5 Å². The van der Waals surface area contributed by atoms with E-state index in [-0.39, 0.29) is 17.7 Å². The van der Waals surface area contributed by atoms with Gasteiger partial charge in [-0.05, 0) is 19.1 Å². The summed E-state index contributed by atoms with van der Waals surface area (Å²) in [5.41, 5.74) is -0.0709. The van der Waals surface area contributed by atoms with Gasteiger partial charge in [0.2, 0.25) is 5.43 Å². The summed E-state index contributed by atoms with van der Waals surface area (Å²) in [6, 6.07) is 2.95. The minimum absolute atomic E-state index is 0.155. The maximum Gasteiger partial charge on any atom is 0.514 e. The maximum absolute atomic E-state index is 12.1. The van der Waals surface area contributed by atoms with Gasteiger partial charge in [-0.25, -0.2) is 4.79 Å². The third-order valence-corrected chi connectivity index (χ3v) is 2.84. The molecule has 0 saturated heterocycles. The number of carbonyl (C=O) groups excluding carboxylic acids is 1. The van der Waals surface area contributed by atoms with Gasteiger partial charge in [0, 0.05) is 11.2 Å². The number of nitrogens with one attached hydrogen (secondary N) is 1. The van der Waals surface area contributed by atoms with Crippen molar-refractivity contribution in [3.63, 3.8) is 0 Å². The molecule has 0 saturated carbocycles. The van der Waals surface area contributed by atoms with Crippen molar-refractivity contribution in [1.82, 2.24) is 4.98 Å². The third kappa shape index (κ3) is 2.83. The van der Waals surface area contributed by atoms with E-state index in [0.29, 0.717) is 15.6 Å². The van der Waals surface area contributed by atoms with Gasteiger partial charge < -0.3 is 14.5 Å². The fourth-order valence-electron chi connectivity index (χ4n) is 1.55. The highest BCUT2D eigenvalue weighted by Crippen LogP contribution is 2.25. The minimum Gasteiger partial charge on any atom is -0.434 e. The summed E-state index contributed by atoms with van der Waals surface area (Å²) in [5, 5.41) is 0.859. The third-order valence-electron chi connectivity index (χ3n) is 2.33. The number of ether oxygens (including phenoxy) is 2. The molecule has 0 aliphatic carbocycles. The second kappa shape index (κ2) is 5.50. The predicted octanol–water partition coefficient (Wildman–Crippen LogP) is 3.37. The average Bonchev–Trinajstić information content (AvgIpc) is 2.33. The second-order valence-electron chi connectivity index (χ2n) is 3.58. The molecule has 0 aliphatic rings. The van der Waals surface area contributed by atoms with Crippen LogP contribution < -0.4 is 10.2 Å². The van der Waals surface area contributed by atoms with Crippen LogP contribution in [0, 0.1) is 0 Å². The molecule has 1 aromatic carbocycles. The lowest BCUT2D eigenvalue weighted by Crippen LogP contribution is -2.16. The lowest BCUT2D eigenvalue weighted by molar-refractivity contribution is 0.104. The number of fused-ring (bicyclic) bond motifs is 1. The molecule has 1 N–H and O–H groups in total. The van der Waals surface area contributed by atoms with Crippen LogP contribution in [0.3, 0.4) is 0 Å². The van der Waals surface area contributed by atoms with Crippen molar-refractivity contribution < 1.29 is 14.3 Å². The highest BCUT2D eigenvalue weighted by Gasteiger charge is 2.13. The largest absolute Gasteiger partial charge is 0.514 e. The molecule has 0 atom stereocenters. The first kappa shape index (κ1) is 13.7. The van der Waals surface area contributed by atoms with Crippen molar-refractivity contribution in [1.29, 1.82) is 0 Å². The van der Waals surface area contributed by atoms with Gasteiger partial charge in [-0.15, -0.1) is 0 Å². The Morgan fingerprint density at radius 2 is 2.11 bits per heavy atom. The molecule has 19 heavy (non-hydrogen) atoms. The maximum atomic E-state index is 12.1. The SMILES string of the molecule is CCOC(=O)Oc1c[nH]c2c(Cl)cc(Cl)cc2c1=O. The van der Waals surface area contributed by atoms with Crippen LogP contribution in [0.2, 0.25) is 10.0 Å². The summed E-state index contributed by atoms with van der Waals surface area (Å²) in [6.45, 7) is 1.79. The van der Waals surface area contributed by atoms with Gasteiger partial charge in [-0.1, -0.05) is 23.2 Å². The summed E-state index contributed by atoms with van der Waals surface area (Å²) in [5.74, 6) is -0.177. The molecule has 0 unspecified atom stereocenters. The monoisotopic (exact) mass is 301 g/mol. The first-order valence-electron chi connectivity index (χ1n) is 5.38. The smallest absolute Gasteiger partial charge is 0.434 e. The summed E-state index contributed by atoms with van der Waals surface area (Å²) >= 11 is 11.8. The second-order valence-corrected chi connectivity index (χ2v) is 4.42. The molecule has 0 spiro atoms. The van der Waals surface area contributed by atoms with Gasteiger partial charge >= 0.3 is 6.16 Å². The van der Waals surface area contributed by atoms with Crippen LogP contribution in [0.4, 0.5) is 4.79 Å². The summed E-state index contributed by atoms with van der Waals surface area (Å²) in [6.07, 6.45) is 0.307. The van der Waals surface area contributed by atoms with Crippen molar-refractivity contribution >= 4 is 40.3 Å². The van der Waals surface area contributed by atoms with Crippen molar-refractivity contribution in [3.8, 4) is 5.75 Å². The number of benzene rings is 1. The highest BCUT2D eigenvalue weighted by atomic mass is 35.5. The van der Waals surface area contributed by atoms with Crippen molar-refractivity contribution in [3.05, 3.63) is 38.6 Å². The highest BCUT2D eigenvalue weighted by molar-refractivity contribution is 6.38. The molecule has 100 valence electrons. The lowest BCUT2D eigenvalue weighted by Gasteiger charge is -2.06. The van der Waals surface area contributed by atoms with E-state index in [1.165, 1.54) is 18.3 Å². The predicted molar refractivity (Wildman–Crippen MR) is 72.2 cm³/mol. The molecular formula is C12H9Cl2NO4. The quantitative estimate of drug-likeness (QED) is 0.864. The molecule has 0 amide bonds. The van der Waals surface area contributed by atoms with E-state index in [2.05, 4.69) is 9.72 Å². The Morgan fingerprint density at radius 1 is 1.37 bits per heavy atom. The Hall–Kier alpha value is -1.72. The number of carbonyl (C=O) groups is 1. The van der Waals surface area contributed by atoms with E-state index in [9.17, 15) is 9.59 Å². The summed E-state index contributed by atoms with van der Waals surface area (Å²) in [4.78, 5) is 26.1. The molecule has 1 heterocycles.